The van der Waals surface area contributed by atoms with Crippen LogP contribution in [0.3, 0.4) is 0 Å². The predicted molar refractivity (Wildman–Crippen MR) is 116 cm³/mol. The number of methoxy groups -OCH3 is 1. The Labute approximate surface area is 172 Å². The van der Waals surface area contributed by atoms with Gasteiger partial charge in [-0.05, 0) is 30.5 Å². The second-order valence-corrected chi connectivity index (χ2v) is 7.86. The van der Waals surface area contributed by atoms with Crippen molar-refractivity contribution < 1.29 is 4.74 Å². The number of nitrogen functional groups attached to an aromatic ring is 1. The van der Waals surface area contributed by atoms with Gasteiger partial charge in [0.1, 0.15) is 5.75 Å². The maximum atomic E-state index is 12.6. The second kappa shape index (κ2) is 6.36. The Hall–Kier alpha value is -3.79. The topological polar surface area (TPSA) is 110 Å². The van der Waals surface area contributed by atoms with Crippen LogP contribution in [0.25, 0.3) is 21.8 Å². The molecule has 1 aliphatic carbocycles. The van der Waals surface area contributed by atoms with E-state index in [0.717, 1.165) is 33.1 Å². The van der Waals surface area contributed by atoms with Gasteiger partial charge in [-0.2, -0.15) is 5.26 Å². The van der Waals surface area contributed by atoms with Gasteiger partial charge in [0.05, 0.1) is 29.8 Å². The maximum absolute atomic E-state index is 12.6. The lowest BCUT2D eigenvalue weighted by molar-refractivity contribution is 0.417. The van der Waals surface area contributed by atoms with Crippen molar-refractivity contribution in [2.45, 2.75) is 24.7 Å². The highest BCUT2D eigenvalue weighted by Crippen LogP contribution is 2.45. The molecule has 7 heteroatoms. The van der Waals surface area contributed by atoms with E-state index in [4.69, 9.17) is 10.5 Å². The Morgan fingerprint density at radius 2 is 2.10 bits per heavy atom. The smallest absolute Gasteiger partial charge is 0.255 e. The predicted octanol–water partition coefficient (Wildman–Crippen LogP) is 2.96. The van der Waals surface area contributed by atoms with Crippen molar-refractivity contribution in [1.82, 2.24) is 14.5 Å². The summed E-state index contributed by atoms with van der Waals surface area (Å²) in [5.74, 6) is 0.869. The molecule has 2 aromatic heterocycles. The molecule has 2 heterocycles. The lowest BCUT2D eigenvalue weighted by Crippen LogP contribution is -2.37. The molecule has 0 saturated carbocycles. The van der Waals surface area contributed by atoms with E-state index in [1.807, 2.05) is 31.3 Å². The van der Waals surface area contributed by atoms with Gasteiger partial charge in [0.15, 0.2) is 0 Å². The summed E-state index contributed by atoms with van der Waals surface area (Å²) in [5.41, 5.74) is 8.77. The number of ether oxygens (including phenoxy) is 1. The fraction of sp³-hybridized carbons (Fsp3) is 0.261. The number of fused-ring (bicyclic) bond motifs is 4. The first-order valence-corrected chi connectivity index (χ1v) is 9.82. The third-order valence-electron chi connectivity index (χ3n) is 6.35. The molecule has 0 saturated heterocycles. The van der Waals surface area contributed by atoms with Gasteiger partial charge < -0.3 is 15.0 Å². The number of nitrogens with one attached hydrogen (secondary N) is 1. The highest BCUT2D eigenvalue weighted by molar-refractivity contribution is 6.12. The van der Waals surface area contributed by atoms with Gasteiger partial charge in [-0.1, -0.05) is 24.3 Å². The summed E-state index contributed by atoms with van der Waals surface area (Å²) in [5, 5.41) is 12.4. The van der Waals surface area contributed by atoms with Crippen LogP contribution in [0.15, 0.2) is 41.2 Å². The van der Waals surface area contributed by atoms with Crippen molar-refractivity contribution in [3.63, 3.8) is 0 Å². The van der Waals surface area contributed by atoms with Gasteiger partial charge in [0, 0.05) is 35.3 Å². The van der Waals surface area contributed by atoms with Crippen LogP contribution in [0.1, 0.15) is 23.2 Å². The number of aromatic amines is 1. The highest BCUT2D eigenvalue weighted by atomic mass is 16.5. The molecule has 0 bridgehead atoms. The molecule has 4 aromatic rings. The lowest BCUT2D eigenvalue weighted by atomic mass is 9.68. The number of nitrogens with zero attached hydrogens (tertiary/aromatic N) is 3. The lowest BCUT2D eigenvalue weighted by Gasteiger charge is -2.32. The van der Waals surface area contributed by atoms with E-state index >= 15 is 0 Å². The van der Waals surface area contributed by atoms with Crippen LogP contribution in [0.4, 0.5) is 5.95 Å². The summed E-state index contributed by atoms with van der Waals surface area (Å²) in [7, 11) is 3.65. The van der Waals surface area contributed by atoms with Crippen LogP contribution < -0.4 is 16.0 Å². The highest BCUT2D eigenvalue weighted by Gasteiger charge is 2.40. The van der Waals surface area contributed by atoms with Gasteiger partial charge in [-0.3, -0.25) is 9.78 Å². The third kappa shape index (κ3) is 2.37. The molecular weight excluding hydrogens is 378 g/mol. The number of benzene rings is 2. The largest absolute Gasteiger partial charge is 0.495 e. The maximum Gasteiger partial charge on any atom is 0.255 e. The standard InChI is InChI=1S/C23H21N5O2/c1-28-17-6-4-3-5-13(17)19-15(7-8-18(30-2)20(19)28)23(12-24)10-9-16-14(11-23)21(29)27-22(25)26-16/h3-8H,9-11H2,1-2H3,(H3,25,26,27,29). The first-order valence-electron chi connectivity index (χ1n) is 9.82. The summed E-state index contributed by atoms with van der Waals surface area (Å²) in [6.07, 6.45) is 1.39. The average Bonchev–Trinajstić information content (AvgIpc) is 3.06. The normalized spacial score (nSPS) is 18.3. The first-order chi connectivity index (χ1) is 14.5. The minimum Gasteiger partial charge on any atom is -0.495 e. The van der Waals surface area contributed by atoms with Crippen molar-refractivity contribution in [2.24, 2.45) is 7.05 Å². The fourth-order valence-electron chi connectivity index (χ4n) is 4.90. The minimum absolute atomic E-state index is 0.115. The van der Waals surface area contributed by atoms with Crippen LogP contribution >= 0.6 is 0 Å². The number of hydrogen-bond acceptors (Lipinski definition) is 5. The molecule has 0 amide bonds. The van der Waals surface area contributed by atoms with Crippen molar-refractivity contribution in [3.8, 4) is 11.8 Å². The van der Waals surface area contributed by atoms with E-state index in [1.54, 1.807) is 7.11 Å². The van der Waals surface area contributed by atoms with Gasteiger partial charge in [-0.15, -0.1) is 0 Å². The molecule has 0 radical (unpaired) electrons. The molecule has 7 nitrogen and oxygen atoms in total. The van der Waals surface area contributed by atoms with Crippen LogP contribution in [-0.4, -0.2) is 21.6 Å². The van der Waals surface area contributed by atoms with E-state index in [2.05, 4.69) is 32.7 Å². The van der Waals surface area contributed by atoms with Crippen LogP contribution in [0.2, 0.25) is 0 Å². The summed E-state index contributed by atoms with van der Waals surface area (Å²) >= 11 is 0. The Balaban J connectivity index is 1.84. The number of hydrogen-bond donors (Lipinski definition) is 2. The monoisotopic (exact) mass is 399 g/mol. The minimum atomic E-state index is -0.841. The average molecular weight is 399 g/mol. The Bertz CT molecular complexity index is 1430. The van der Waals surface area contributed by atoms with Crippen LogP contribution in [-0.2, 0) is 25.3 Å². The van der Waals surface area contributed by atoms with Crippen molar-refractivity contribution in [2.75, 3.05) is 12.8 Å². The number of rotatable bonds is 2. The Morgan fingerprint density at radius 3 is 2.87 bits per heavy atom. The quantitative estimate of drug-likeness (QED) is 0.538. The molecule has 150 valence electrons. The van der Waals surface area contributed by atoms with Crippen LogP contribution in [0.5, 0.6) is 5.75 Å². The number of nitriles is 1. The van der Waals surface area contributed by atoms with E-state index < -0.39 is 5.41 Å². The van der Waals surface area contributed by atoms with Gasteiger partial charge in [-0.25, -0.2) is 4.98 Å². The number of para-hydroxylation sites is 1. The number of aryl methyl sites for hydroxylation is 2. The molecule has 30 heavy (non-hydrogen) atoms. The molecule has 1 unspecified atom stereocenters. The summed E-state index contributed by atoms with van der Waals surface area (Å²) < 4.78 is 7.75. The second-order valence-electron chi connectivity index (χ2n) is 7.86. The number of nitrogens with two attached hydrogens (primary N) is 1. The van der Waals surface area contributed by atoms with Crippen molar-refractivity contribution >= 4 is 27.8 Å². The Morgan fingerprint density at radius 1 is 1.30 bits per heavy atom. The Kier molecular flexibility index (Phi) is 3.87. The molecule has 1 atom stereocenters. The molecule has 0 spiro atoms. The van der Waals surface area contributed by atoms with Crippen molar-refractivity contribution in [1.29, 1.82) is 5.26 Å². The molecule has 3 N–H and O–H groups in total. The van der Waals surface area contributed by atoms with E-state index in [9.17, 15) is 10.1 Å². The van der Waals surface area contributed by atoms with E-state index in [0.29, 0.717) is 30.5 Å². The number of anilines is 1. The van der Waals surface area contributed by atoms with E-state index in [-0.39, 0.29) is 11.5 Å². The zero-order chi connectivity index (χ0) is 21.0. The van der Waals surface area contributed by atoms with E-state index in [1.165, 1.54) is 0 Å². The SMILES string of the molecule is COc1ccc(C2(C#N)CCc3nc(N)[nH]c(=O)c3C2)c2c3ccccc3n(C)c12. The number of H-pyrrole nitrogens is 1. The van der Waals surface area contributed by atoms with Crippen molar-refractivity contribution in [3.05, 3.63) is 63.6 Å². The van der Waals surface area contributed by atoms with Gasteiger partial charge in [0.25, 0.3) is 5.56 Å². The molecule has 0 aliphatic heterocycles. The molecule has 2 aromatic carbocycles. The van der Waals surface area contributed by atoms with Gasteiger partial charge in [0.2, 0.25) is 5.95 Å². The first kappa shape index (κ1) is 18.3. The van der Waals surface area contributed by atoms with Crippen LogP contribution in [0, 0.1) is 11.3 Å². The summed E-state index contributed by atoms with van der Waals surface area (Å²) in [6, 6.07) is 14.6. The summed E-state index contributed by atoms with van der Waals surface area (Å²) in [6.45, 7) is 0. The fourth-order valence-corrected chi connectivity index (χ4v) is 4.90. The van der Waals surface area contributed by atoms with Gasteiger partial charge >= 0.3 is 0 Å². The molecule has 1 aliphatic rings. The molecular formula is C23H21N5O2. The zero-order valence-electron chi connectivity index (χ0n) is 16.8. The number of aromatic nitrogens is 3. The zero-order valence-corrected chi connectivity index (χ0v) is 16.8. The summed E-state index contributed by atoms with van der Waals surface area (Å²) in [4.78, 5) is 19.5. The molecule has 0 fully saturated rings. The molecule has 5 rings (SSSR count). The third-order valence-corrected chi connectivity index (χ3v) is 6.35.